The van der Waals surface area contributed by atoms with Gasteiger partial charge in [0.1, 0.15) is 5.69 Å². The highest BCUT2D eigenvalue weighted by molar-refractivity contribution is 5.93. The van der Waals surface area contributed by atoms with Gasteiger partial charge >= 0.3 is 0 Å². The molecule has 19 heavy (non-hydrogen) atoms. The molecule has 0 saturated heterocycles. The molecule has 1 aromatic rings. The van der Waals surface area contributed by atoms with Crippen molar-refractivity contribution in [3.8, 4) is 0 Å². The van der Waals surface area contributed by atoms with Gasteiger partial charge in [0.25, 0.3) is 5.91 Å². The van der Waals surface area contributed by atoms with Crippen molar-refractivity contribution in [3.63, 3.8) is 0 Å². The fourth-order valence-corrected chi connectivity index (χ4v) is 2.35. The van der Waals surface area contributed by atoms with Crippen LogP contribution in [0, 0.1) is 0 Å². The minimum absolute atomic E-state index is 0.0931. The van der Waals surface area contributed by atoms with Gasteiger partial charge in [0, 0.05) is 24.0 Å². The number of amides is 1. The van der Waals surface area contributed by atoms with E-state index in [1.807, 2.05) is 19.1 Å². The molecule has 1 aromatic heterocycles. The zero-order valence-electron chi connectivity index (χ0n) is 11.8. The molecule has 0 radical (unpaired) electrons. The van der Waals surface area contributed by atoms with Gasteiger partial charge in [0.15, 0.2) is 0 Å². The lowest BCUT2D eigenvalue weighted by molar-refractivity contribution is 0.0934. The standard InChI is InChI=1S/C15H23N3O/c1-3-11(2)17-15(19)14-10-13(8-9-16-14)18-12-6-4-5-7-12/h8-12H,3-7H2,1-2H3,(H,16,18)(H,17,19). The first kappa shape index (κ1) is 13.8. The van der Waals surface area contributed by atoms with Crippen molar-refractivity contribution in [1.29, 1.82) is 0 Å². The molecule has 0 spiro atoms. The number of pyridine rings is 1. The molecule has 1 amide bonds. The smallest absolute Gasteiger partial charge is 0.270 e. The van der Waals surface area contributed by atoms with Crippen molar-refractivity contribution in [2.75, 3.05) is 5.32 Å². The first-order chi connectivity index (χ1) is 9.19. The summed E-state index contributed by atoms with van der Waals surface area (Å²) in [6, 6.07) is 4.50. The summed E-state index contributed by atoms with van der Waals surface area (Å²) in [4.78, 5) is 16.2. The Hall–Kier alpha value is -1.58. The summed E-state index contributed by atoms with van der Waals surface area (Å²) in [6.45, 7) is 4.05. The zero-order valence-corrected chi connectivity index (χ0v) is 11.8. The highest BCUT2D eigenvalue weighted by Gasteiger charge is 2.15. The molecule has 4 nitrogen and oxygen atoms in total. The summed E-state index contributed by atoms with van der Waals surface area (Å²) >= 11 is 0. The molecule has 1 fully saturated rings. The lowest BCUT2D eigenvalue weighted by Gasteiger charge is -2.15. The molecule has 104 valence electrons. The fraction of sp³-hybridized carbons (Fsp3) is 0.600. The van der Waals surface area contributed by atoms with Crippen LogP contribution in [0.3, 0.4) is 0 Å². The quantitative estimate of drug-likeness (QED) is 0.856. The minimum atomic E-state index is -0.0931. The van der Waals surface area contributed by atoms with E-state index in [-0.39, 0.29) is 11.9 Å². The van der Waals surface area contributed by atoms with Crippen LogP contribution in [0.4, 0.5) is 5.69 Å². The molecule has 1 atom stereocenters. The lowest BCUT2D eigenvalue weighted by Crippen LogP contribution is -2.32. The van der Waals surface area contributed by atoms with Gasteiger partial charge in [-0.05, 0) is 38.3 Å². The summed E-state index contributed by atoms with van der Waals surface area (Å²) in [5.74, 6) is -0.0931. The van der Waals surface area contributed by atoms with Crippen molar-refractivity contribution in [1.82, 2.24) is 10.3 Å². The summed E-state index contributed by atoms with van der Waals surface area (Å²) < 4.78 is 0. The Morgan fingerprint density at radius 1 is 1.47 bits per heavy atom. The van der Waals surface area contributed by atoms with E-state index in [9.17, 15) is 4.79 Å². The largest absolute Gasteiger partial charge is 0.382 e. The van der Waals surface area contributed by atoms with E-state index in [2.05, 4.69) is 22.5 Å². The molecule has 1 unspecified atom stereocenters. The summed E-state index contributed by atoms with van der Waals surface area (Å²) in [7, 11) is 0. The normalized spacial score (nSPS) is 17.2. The Morgan fingerprint density at radius 3 is 2.89 bits per heavy atom. The van der Waals surface area contributed by atoms with Crippen molar-refractivity contribution in [3.05, 3.63) is 24.0 Å². The molecule has 1 aliphatic rings. The van der Waals surface area contributed by atoms with E-state index in [4.69, 9.17) is 0 Å². The van der Waals surface area contributed by atoms with Gasteiger partial charge in [-0.25, -0.2) is 0 Å². The Morgan fingerprint density at radius 2 is 2.21 bits per heavy atom. The van der Waals surface area contributed by atoms with Crippen LogP contribution in [0.5, 0.6) is 0 Å². The fourth-order valence-electron chi connectivity index (χ4n) is 2.35. The molecule has 0 bridgehead atoms. The number of carbonyl (C=O) groups is 1. The van der Waals surface area contributed by atoms with Gasteiger partial charge in [-0.3, -0.25) is 9.78 Å². The molecular formula is C15H23N3O. The van der Waals surface area contributed by atoms with E-state index in [1.54, 1.807) is 6.20 Å². The van der Waals surface area contributed by atoms with Gasteiger partial charge in [-0.15, -0.1) is 0 Å². The number of hydrogen-bond donors (Lipinski definition) is 2. The van der Waals surface area contributed by atoms with Crippen LogP contribution < -0.4 is 10.6 Å². The second-order valence-corrected chi connectivity index (χ2v) is 5.34. The maximum absolute atomic E-state index is 12.0. The van der Waals surface area contributed by atoms with E-state index < -0.39 is 0 Å². The predicted molar refractivity (Wildman–Crippen MR) is 77.3 cm³/mol. The Kier molecular flexibility index (Phi) is 4.77. The average molecular weight is 261 g/mol. The number of carbonyl (C=O) groups excluding carboxylic acids is 1. The number of nitrogens with one attached hydrogen (secondary N) is 2. The lowest BCUT2D eigenvalue weighted by atomic mass is 10.2. The van der Waals surface area contributed by atoms with Gasteiger partial charge < -0.3 is 10.6 Å². The average Bonchev–Trinajstić information content (AvgIpc) is 2.91. The minimum Gasteiger partial charge on any atom is -0.382 e. The van der Waals surface area contributed by atoms with E-state index in [0.717, 1.165) is 12.1 Å². The number of anilines is 1. The van der Waals surface area contributed by atoms with E-state index >= 15 is 0 Å². The third-order valence-corrected chi connectivity index (χ3v) is 3.71. The molecule has 1 saturated carbocycles. The van der Waals surface area contributed by atoms with Crippen molar-refractivity contribution in [2.45, 2.75) is 58.0 Å². The first-order valence-corrected chi connectivity index (χ1v) is 7.22. The van der Waals surface area contributed by atoms with Crippen LogP contribution in [0.15, 0.2) is 18.3 Å². The molecule has 0 aromatic carbocycles. The second-order valence-electron chi connectivity index (χ2n) is 5.34. The third kappa shape index (κ3) is 3.94. The summed E-state index contributed by atoms with van der Waals surface area (Å²) in [5.41, 5.74) is 1.49. The van der Waals surface area contributed by atoms with Crippen LogP contribution in [0.2, 0.25) is 0 Å². The number of aromatic nitrogens is 1. The maximum Gasteiger partial charge on any atom is 0.270 e. The predicted octanol–water partition coefficient (Wildman–Crippen LogP) is 2.96. The Balaban J connectivity index is 1.99. The highest BCUT2D eigenvalue weighted by atomic mass is 16.1. The topological polar surface area (TPSA) is 54.0 Å². The van der Waals surface area contributed by atoms with Crippen LogP contribution in [0.25, 0.3) is 0 Å². The number of hydrogen-bond acceptors (Lipinski definition) is 3. The van der Waals surface area contributed by atoms with Gasteiger partial charge in [-0.2, -0.15) is 0 Å². The first-order valence-electron chi connectivity index (χ1n) is 7.22. The summed E-state index contributed by atoms with van der Waals surface area (Å²) in [6.07, 6.45) is 7.65. The Bertz CT molecular complexity index is 427. The molecule has 1 aliphatic carbocycles. The van der Waals surface area contributed by atoms with Crippen molar-refractivity contribution < 1.29 is 4.79 Å². The molecule has 4 heteroatoms. The van der Waals surface area contributed by atoms with Crippen LogP contribution in [0.1, 0.15) is 56.4 Å². The van der Waals surface area contributed by atoms with E-state index in [1.165, 1.54) is 25.7 Å². The van der Waals surface area contributed by atoms with Gasteiger partial charge in [0.05, 0.1) is 0 Å². The Labute approximate surface area is 115 Å². The number of rotatable bonds is 5. The van der Waals surface area contributed by atoms with Crippen LogP contribution in [-0.4, -0.2) is 23.0 Å². The highest BCUT2D eigenvalue weighted by Crippen LogP contribution is 2.22. The molecular weight excluding hydrogens is 238 g/mol. The zero-order chi connectivity index (χ0) is 13.7. The third-order valence-electron chi connectivity index (χ3n) is 3.71. The number of nitrogens with zero attached hydrogens (tertiary/aromatic N) is 1. The molecule has 1 heterocycles. The maximum atomic E-state index is 12.0. The van der Waals surface area contributed by atoms with Crippen LogP contribution in [-0.2, 0) is 0 Å². The molecule has 2 rings (SSSR count). The monoisotopic (exact) mass is 261 g/mol. The van der Waals surface area contributed by atoms with Gasteiger partial charge in [0.2, 0.25) is 0 Å². The summed E-state index contributed by atoms with van der Waals surface area (Å²) in [5, 5.41) is 6.42. The second kappa shape index (κ2) is 6.55. The van der Waals surface area contributed by atoms with Crippen LogP contribution >= 0.6 is 0 Å². The van der Waals surface area contributed by atoms with Crippen molar-refractivity contribution >= 4 is 11.6 Å². The van der Waals surface area contributed by atoms with Crippen molar-refractivity contribution in [2.24, 2.45) is 0 Å². The SMILES string of the molecule is CCC(C)NC(=O)c1cc(NC2CCCC2)ccn1. The molecule has 2 N–H and O–H groups in total. The van der Waals surface area contributed by atoms with E-state index in [0.29, 0.717) is 11.7 Å². The van der Waals surface area contributed by atoms with Gasteiger partial charge in [-0.1, -0.05) is 19.8 Å². The molecule has 0 aliphatic heterocycles.